The molecule has 2 amide bonds. The molecule has 56 heavy (non-hydrogen) atoms. The van der Waals surface area contributed by atoms with Gasteiger partial charge in [-0.2, -0.15) is 13.2 Å². The van der Waals surface area contributed by atoms with E-state index in [1.165, 1.54) is 23.9 Å². The Hall–Kier alpha value is -4.04. The van der Waals surface area contributed by atoms with E-state index in [0.717, 1.165) is 17.0 Å². The lowest BCUT2D eigenvalue weighted by Gasteiger charge is -2.36. The molecule has 0 saturated carbocycles. The lowest BCUT2D eigenvalue weighted by molar-refractivity contribution is -0.0436. The summed E-state index contributed by atoms with van der Waals surface area (Å²) in [6, 6.07) is 17.1. The van der Waals surface area contributed by atoms with E-state index in [9.17, 15) is 39.6 Å². The summed E-state index contributed by atoms with van der Waals surface area (Å²) < 4.78 is 107. The number of ether oxygens (including phenoxy) is 2. The van der Waals surface area contributed by atoms with Crippen LogP contribution in [0.5, 0.6) is 0 Å². The SMILES string of the molecule is CC(C)(C)OC(=O)N1CCN(c2ccc(C(=O)NS(=O)(=O)c3ccc(N[C@H](CCN4CCOCC4)CSc4ccccc4)c(S(=O)(=O)C(F)(F)F)c3)cc2)CC1. The molecule has 3 aromatic carbocycles. The number of alkyl halides is 3. The second-order valence-corrected chi connectivity index (χ2v) is 18.9. The Balaban J connectivity index is 1.31. The predicted octanol–water partition coefficient (Wildman–Crippen LogP) is 5.45. The molecule has 3 aromatic rings. The topological polar surface area (TPSA) is 155 Å². The van der Waals surface area contributed by atoms with Crippen LogP contribution in [-0.4, -0.2) is 121 Å². The highest BCUT2D eigenvalue weighted by Crippen LogP contribution is 2.37. The molecule has 2 heterocycles. The summed E-state index contributed by atoms with van der Waals surface area (Å²) in [5.41, 5.74) is -6.15. The van der Waals surface area contributed by atoms with Gasteiger partial charge < -0.3 is 24.6 Å². The predicted molar refractivity (Wildman–Crippen MR) is 207 cm³/mol. The van der Waals surface area contributed by atoms with Crippen LogP contribution in [0.2, 0.25) is 0 Å². The molecule has 1 atom stereocenters. The van der Waals surface area contributed by atoms with Crippen molar-refractivity contribution in [2.24, 2.45) is 0 Å². The van der Waals surface area contributed by atoms with Crippen LogP contribution < -0.4 is 14.9 Å². The van der Waals surface area contributed by atoms with Crippen molar-refractivity contribution in [3.8, 4) is 0 Å². The summed E-state index contributed by atoms with van der Waals surface area (Å²) in [5, 5.41) is 2.96. The summed E-state index contributed by atoms with van der Waals surface area (Å²) in [4.78, 5) is 30.0. The number of rotatable bonds is 13. The van der Waals surface area contributed by atoms with E-state index in [1.807, 2.05) is 40.0 Å². The average molecular weight is 842 g/mol. The molecule has 13 nitrogen and oxygen atoms in total. The van der Waals surface area contributed by atoms with Gasteiger partial charge in [-0.05, 0) is 81.8 Å². The quantitative estimate of drug-likeness (QED) is 0.211. The van der Waals surface area contributed by atoms with E-state index in [2.05, 4.69) is 10.2 Å². The number of carbonyl (C=O) groups excluding carboxylic acids is 2. The number of halogens is 3. The first-order chi connectivity index (χ1) is 26.3. The van der Waals surface area contributed by atoms with Crippen molar-refractivity contribution in [2.75, 3.05) is 75.0 Å². The molecule has 0 spiro atoms. The maximum Gasteiger partial charge on any atom is 0.501 e. The van der Waals surface area contributed by atoms with Gasteiger partial charge in [-0.25, -0.2) is 26.4 Å². The molecule has 5 rings (SSSR count). The van der Waals surface area contributed by atoms with Crippen LogP contribution in [0.15, 0.2) is 87.5 Å². The van der Waals surface area contributed by atoms with Crippen LogP contribution in [0, 0.1) is 0 Å². The standard InChI is InChI=1S/C37H46F3N5O8S3/c1-36(2,3)53-35(47)45-19-17-44(18-20-45)29-11-9-27(10-12-29)34(46)42-56(50,51)31-13-14-32(33(25-31)55(48,49)37(38,39)40)41-28(15-16-43-21-23-52-24-22-43)26-54-30-7-5-4-6-8-30/h4-14,25,28,41H,15-24,26H2,1-3H3,(H,42,46)/t28-/m1/s1. The Labute approximate surface area is 329 Å². The normalized spacial score (nSPS) is 16.6. The molecule has 306 valence electrons. The second-order valence-electron chi connectivity index (χ2n) is 14.3. The van der Waals surface area contributed by atoms with E-state index < -0.39 is 64.5 Å². The monoisotopic (exact) mass is 841 g/mol. The number of morpholine rings is 1. The van der Waals surface area contributed by atoms with E-state index in [0.29, 0.717) is 83.0 Å². The van der Waals surface area contributed by atoms with Gasteiger partial charge in [0, 0.05) is 73.8 Å². The Morgan fingerprint density at radius 3 is 2.12 bits per heavy atom. The average Bonchev–Trinajstić information content (AvgIpc) is 3.15. The number of piperazine rings is 1. The molecular weight excluding hydrogens is 796 g/mol. The van der Waals surface area contributed by atoms with E-state index >= 15 is 0 Å². The fourth-order valence-electron chi connectivity index (χ4n) is 5.97. The molecule has 0 unspecified atom stereocenters. The zero-order valence-electron chi connectivity index (χ0n) is 31.2. The number of anilines is 2. The third kappa shape index (κ3) is 11.5. The van der Waals surface area contributed by atoms with Gasteiger partial charge in [0.1, 0.15) is 10.5 Å². The van der Waals surface area contributed by atoms with Gasteiger partial charge in [-0.3, -0.25) is 9.69 Å². The molecule has 0 bridgehead atoms. The summed E-state index contributed by atoms with van der Waals surface area (Å²) in [5.74, 6) is -0.716. The minimum Gasteiger partial charge on any atom is -0.444 e. The highest BCUT2D eigenvalue weighted by atomic mass is 32.2. The van der Waals surface area contributed by atoms with Gasteiger partial charge in [0.2, 0.25) is 0 Å². The summed E-state index contributed by atoms with van der Waals surface area (Å²) in [6.07, 6.45) is 0.0173. The van der Waals surface area contributed by atoms with Gasteiger partial charge in [0.05, 0.1) is 23.8 Å². The van der Waals surface area contributed by atoms with Crippen LogP contribution >= 0.6 is 11.8 Å². The highest BCUT2D eigenvalue weighted by Gasteiger charge is 2.48. The number of hydrogen-bond acceptors (Lipinski definition) is 12. The van der Waals surface area contributed by atoms with Crippen molar-refractivity contribution in [3.05, 3.63) is 78.4 Å². The Morgan fingerprint density at radius 1 is 0.875 bits per heavy atom. The summed E-state index contributed by atoms with van der Waals surface area (Å²) >= 11 is 1.43. The Bertz CT molecular complexity index is 2040. The molecule has 0 aromatic heterocycles. The van der Waals surface area contributed by atoms with Crippen LogP contribution in [0.3, 0.4) is 0 Å². The fraction of sp³-hybridized carbons (Fsp3) is 0.459. The molecule has 2 aliphatic heterocycles. The number of sulfone groups is 1. The number of nitrogens with one attached hydrogen (secondary N) is 2. The number of nitrogens with zero attached hydrogens (tertiary/aromatic N) is 3. The number of thioether (sulfide) groups is 1. The van der Waals surface area contributed by atoms with E-state index in [-0.39, 0.29) is 5.56 Å². The lowest BCUT2D eigenvalue weighted by Crippen LogP contribution is -2.50. The molecule has 0 aliphatic carbocycles. The number of sulfonamides is 1. The lowest BCUT2D eigenvalue weighted by atomic mass is 10.1. The van der Waals surface area contributed by atoms with Crippen molar-refractivity contribution >= 4 is 55.0 Å². The van der Waals surface area contributed by atoms with Crippen LogP contribution in [0.25, 0.3) is 0 Å². The minimum absolute atomic E-state index is 0.0647. The third-order valence-electron chi connectivity index (χ3n) is 8.96. The van der Waals surface area contributed by atoms with Gasteiger partial charge in [0.15, 0.2) is 0 Å². The van der Waals surface area contributed by atoms with E-state index in [1.54, 1.807) is 37.8 Å². The molecule has 2 aliphatic rings. The van der Waals surface area contributed by atoms with Crippen molar-refractivity contribution in [2.45, 2.75) is 59.0 Å². The summed E-state index contributed by atoms with van der Waals surface area (Å²) in [6.45, 7) is 10.1. The smallest absolute Gasteiger partial charge is 0.444 e. The highest BCUT2D eigenvalue weighted by molar-refractivity contribution is 7.99. The zero-order chi connectivity index (χ0) is 40.7. The molecule has 2 N–H and O–H groups in total. The number of hydrogen-bond donors (Lipinski definition) is 2. The van der Waals surface area contributed by atoms with Crippen molar-refractivity contribution < 1.29 is 49.1 Å². The molecule has 0 radical (unpaired) electrons. The molecule has 2 saturated heterocycles. The van der Waals surface area contributed by atoms with Gasteiger partial charge >= 0.3 is 11.6 Å². The zero-order valence-corrected chi connectivity index (χ0v) is 33.7. The van der Waals surface area contributed by atoms with E-state index in [4.69, 9.17) is 9.47 Å². The van der Waals surface area contributed by atoms with Crippen molar-refractivity contribution in [1.82, 2.24) is 14.5 Å². The van der Waals surface area contributed by atoms with Crippen LogP contribution in [-0.2, 0) is 29.3 Å². The Kier molecular flexibility index (Phi) is 13.9. The maximum atomic E-state index is 14.1. The first-order valence-electron chi connectivity index (χ1n) is 17.9. The molecular formula is C37H46F3N5O8S3. The Morgan fingerprint density at radius 2 is 1.52 bits per heavy atom. The third-order valence-corrected chi connectivity index (χ3v) is 13.0. The number of carbonyl (C=O) groups is 2. The van der Waals surface area contributed by atoms with Gasteiger partial charge in [-0.15, -0.1) is 11.8 Å². The first kappa shape index (κ1) is 43.1. The molecule has 2 fully saturated rings. The van der Waals surface area contributed by atoms with Crippen LogP contribution in [0.1, 0.15) is 37.6 Å². The van der Waals surface area contributed by atoms with Crippen molar-refractivity contribution in [3.63, 3.8) is 0 Å². The first-order valence-corrected chi connectivity index (χ1v) is 21.9. The van der Waals surface area contributed by atoms with Crippen LogP contribution in [0.4, 0.5) is 29.3 Å². The minimum atomic E-state index is -6.06. The van der Waals surface area contributed by atoms with Gasteiger partial charge in [0.25, 0.3) is 25.8 Å². The number of amides is 2. The van der Waals surface area contributed by atoms with Gasteiger partial charge in [-0.1, -0.05) is 18.2 Å². The number of benzene rings is 3. The summed E-state index contributed by atoms with van der Waals surface area (Å²) in [7, 11) is -10.9. The molecule has 19 heteroatoms. The largest absolute Gasteiger partial charge is 0.501 e. The van der Waals surface area contributed by atoms with Crippen molar-refractivity contribution in [1.29, 1.82) is 0 Å². The fourth-order valence-corrected chi connectivity index (χ4v) is 8.98. The maximum absolute atomic E-state index is 14.1. The second kappa shape index (κ2) is 18.0.